The summed E-state index contributed by atoms with van der Waals surface area (Å²) in [5, 5.41) is 12.1. The number of fused-ring (bicyclic) bond motifs is 9. The second-order valence-electron chi connectivity index (χ2n) is 19.8. The minimum Gasteiger partial charge on any atom is -0.497 e. The molecule has 6 saturated heterocycles. The zero-order valence-electron chi connectivity index (χ0n) is 40.4. The molecule has 6 aliphatic rings. The molecular formula is C58H60N8O4. The maximum Gasteiger partial charge on any atom is 0.262 e. The molecule has 14 rings (SSSR count). The lowest BCUT2D eigenvalue weighted by Crippen LogP contribution is -2.56. The van der Waals surface area contributed by atoms with Gasteiger partial charge in [0.1, 0.15) is 23.7 Å². The minimum absolute atomic E-state index is 0.0698. The monoisotopic (exact) mass is 932 g/mol. The summed E-state index contributed by atoms with van der Waals surface area (Å²) in [6.07, 6.45) is 9.61. The zero-order chi connectivity index (χ0) is 47.3. The van der Waals surface area contributed by atoms with Crippen molar-refractivity contribution < 1.29 is 18.9 Å². The van der Waals surface area contributed by atoms with E-state index in [1.807, 2.05) is 73.1 Å². The van der Waals surface area contributed by atoms with Crippen molar-refractivity contribution >= 4 is 32.8 Å². The summed E-state index contributed by atoms with van der Waals surface area (Å²) in [4.78, 5) is 26.1. The van der Waals surface area contributed by atoms with Gasteiger partial charge in [0.05, 0.1) is 48.7 Å². The minimum atomic E-state index is -0.443. The normalized spacial score (nSPS) is 24.7. The van der Waals surface area contributed by atoms with Crippen molar-refractivity contribution in [2.75, 3.05) is 40.4 Å². The first-order valence-corrected chi connectivity index (χ1v) is 25.3. The van der Waals surface area contributed by atoms with Crippen molar-refractivity contribution in [1.29, 1.82) is 0 Å². The maximum absolute atomic E-state index is 7.53. The Bertz CT molecular complexity index is 2970. The summed E-state index contributed by atoms with van der Waals surface area (Å²) in [5.74, 6) is 4.65. The Kier molecular flexibility index (Phi) is 12.0. The van der Waals surface area contributed by atoms with Gasteiger partial charge < -0.3 is 18.9 Å². The number of nitrogens with zero attached hydrogens (tertiary/aromatic N) is 8. The summed E-state index contributed by atoms with van der Waals surface area (Å²) in [5.41, 5.74) is 8.06. The zero-order valence-corrected chi connectivity index (χ0v) is 40.4. The number of methoxy groups -OCH3 is 2. The van der Waals surface area contributed by atoms with Crippen molar-refractivity contribution in [3.05, 3.63) is 133 Å². The average Bonchev–Trinajstić information content (AvgIpc) is 3.43. The van der Waals surface area contributed by atoms with Gasteiger partial charge in [0, 0.05) is 58.5 Å². The van der Waals surface area contributed by atoms with Crippen LogP contribution in [0.15, 0.2) is 122 Å². The Labute approximate surface area is 409 Å². The lowest BCUT2D eigenvalue weighted by Gasteiger charge is -2.52. The summed E-state index contributed by atoms with van der Waals surface area (Å²) < 4.78 is 26.6. The Morgan fingerprint density at radius 3 is 1.39 bits per heavy atom. The molecule has 4 aromatic heterocycles. The van der Waals surface area contributed by atoms with Gasteiger partial charge in [0.25, 0.3) is 11.8 Å². The first-order valence-electron chi connectivity index (χ1n) is 25.3. The van der Waals surface area contributed by atoms with E-state index in [0.717, 1.165) is 119 Å². The molecule has 0 amide bonds. The topological polar surface area (TPSA) is 121 Å². The molecule has 0 N–H and O–H groups in total. The lowest BCUT2D eigenvalue weighted by molar-refractivity contribution is -0.0505. The third-order valence-electron chi connectivity index (χ3n) is 16.3. The fourth-order valence-electron chi connectivity index (χ4n) is 12.6. The molecule has 8 aromatic rings. The summed E-state index contributed by atoms with van der Waals surface area (Å²) in [6.45, 7) is 8.75. The molecule has 12 nitrogen and oxygen atoms in total. The highest BCUT2D eigenvalue weighted by molar-refractivity contribution is 5.91. The summed E-state index contributed by atoms with van der Waals surface area (Å²) in [7, 11) is 3.41. The van der Waals surface area contributed by atoms with Crippen LogP contribution in [0.2, 0.25) is 0 Å². The summed E-state index contributed by atoms with van der Waals surface area (Å²) in [6, 6.07) is 37.0. The second kappa shape index (κ2) is 18.9. The lowest BCUT2D eigenvalue weighted by atomic mass is 9.72. The van der Waals surface area contributed by atoms with Crippen molar-refractivity contribution in [3.63, 3.8) is 0 Å². The van der Waals surface area contributed by atoms with Crippen LogP contribution in [-0.4, -0.2) is 92.4 Å². The molecule has 4 aromatic carbocycles. The highest BCUT2D eigenvalue weighted by Crippen LogP contribution is 2.48. The number of piperidine rings is 6. The van der Waals surface area contributed by atoms with Gasteiger partial charge in [0.15, 0.2) is 11.0 Å². The third-order valence-corrected chi connectivity index (χ3v) is 16.3. The molecule has 6 fully saturated rings. The van der Waals surface area contributed by atoms with E-state index >= 15 is 0 Å². The number of aromatic nitrogens is 6. The molecule has 6 aliphatic heterocycles. The number of rotatable bonds is 14. The number of hydrogen-bond acceptors (Lipinski definition) is 12. The molecule has 356 valence electrons. The molecule has 10 heterocycles. The fraction of sp³-hybridized carbons (Fsp3) is 0.379. The average molecular weight is 933 g/mol. The molecule has 4 bridgehead atoms. The van der Waals surface area contributed by atoms with E-state index in [0.29, 0.717) is 46.5 Å². The smallest absolute Gasteiger partial charge is 0.262 e. The maximum atomic E-state index is 7.53. The van der Waals surface area contributed by atoms with Gasteiger partial charge in [-0.25, -0.2) is 9.97 Å². The number of hydrogen-bond donors (Lipinski definition) is 0. The van der Waals surface area contributed by atoms with Crippen LogP contribution in [0.3, 0.4) is 0 Å². The van der Waals surface area contributed by atoms with Crippen molar-refractivity contribution in [1.82, 2.24) is 39.9 Å². The number of pyridine rings is 2. The van der Waals surface area contributed by atoms with Gasteiger partial charge in [-0.3, -0.25) is 19.8 Å². The molecule has 4 unspecified atom stereocenters. The second-order valence-corrected chi connectivity index (χ2v) is 19.8. The highest BCUT2D eigenvalue weighted by atomic mass is 16.5. The first-order chi connectivity index (χ1) is 34.5. The van der Waals surface area contributed by atoms with Gasteiger partial charge in [0.2, 0.25) is 0 Å². The molecule has 0 aliphatic carbocycles. The Morgan fingerprint density at radius 2 is 1.00 bits per heavy atom. The van der Waals surface area contributed by atoms with Crippen LogP contribution >= 0.6 is 0 Å². The van der Waals surface area contributed by atoms with Crippen LogP contribution in [0.25, 0.3) is 55.4 Å². The number of benzene rings is 4. The van der Waals surface area contributed by atoms with E-state index < -0.39 is 12.2 Å². The van der Waals surface area contributed by atoms with Crippen LogP contribution in [0.4, 0.5) is 0 Å². The predicted octanol–water partition coefficient (Wildman–Crippen LogP) is 11.3. The SMILES string of the molecule is CCC1CN2CC[C@H]1C[C@@H]2[C@@H](Oc1nnc(O[C@@H](c2ccnc3ccc(OC)cc23)[C@H]2C[C@@H]3CCN2CC3CC)c2nc(-c3ccccc3)c(-c3ccccc3)nc12)c1ccnc2ccc(OC)cc12. The van der Waals surface area contributed by atoms with Gasteiger partial charge in [-0.2, -0.15) is 0 Å². The van der Waals surface area contributed by atoms with Gasteiger partial charge >= 0.3 is 0 Å². The Morgan fingerprint density at radius 1 is 0.557 bits per heavy atom. The van der Waals surface area contributed by atoms with E-state index in [2.05, 4.69) is 72.2 Å². The van der Waals surface area contributed by atoms with E-state index in [9.17, 15) is 0 Å². The van der Waals surface area contributed by atoms with Crippen LogP contribution in [0.5, 0.6) is 23.3 Å². The van der Waals surface area contributed by atoms with E-state index in [-0.39, 0.29) is 12.1 Å². The van der Waals surface area contributed by atoms with Gasteiger partial charge in [-0.05, 0) is 111 Å². The Balaban J connectivity index is 1.06. The molecule has 10 atom stereocenters. The molecule has 0 radical (unpaired) electrons. The molecule has 0 spiro atoms. The standard InChI is InChI=1S/C58H60N8O4/c1-5-35-33-65-27-23-39(35)29-49(65)55(43-21-25-59-47-19-17-41(67-3)31-45(43)47)69-57-53-54(62-52(38-15-11-8-12-16-38)51(61-53)37-13-9-7-10-14-37)58(64-63-57)70-56(50-30-40-24-28-66(50)34-36(40)6-2)44-22-26-60-48-20-18-42(68-4)32-46(44)48/h7-22,25-26,31-32,35-36,39-40,49-50,55-56H,5-6,23-24,27-30,33-34H2,1-4H3/t35?,36?,39-,40-,49+,50+,55-,56-/m0/s1. The van der Waals surface area contributed by atoms with E-state index in [1.165, 1.54) is 12.8 Å². The molecule has 0 saturated carbocycles. The van der Waals surface area contributed by atoms with Gasteiger partial charge in [-0.1, -0.05) is 87.4 Å². The number of ether oxygens (including phenoxy) is 4. The van der Waals surface area contributed by atoms with E-state index in [1.54, 1.807) is 14.2 Å². The van der Waals surface area contributed by atoms with Crippen molar-refractivity contribution in [2.24, 2.45) is 23.7 Å². The fourth-order valence-corrected chi connectivity index (χ4v) is 12.6. The van der Waals surface area contributed by atoms with Crippen molar-refractivity contribution in [2.45, 2.75) is 76.7 Å². The Hall–Kier alpha value is -6.76. The predicted molar refractivity (Wildman–Crippen MR) is 273 cm³/mol. The quantitative estimate of drug-likeness (QED) is 0.103. The molecule has 70 heavy (non-hydrogen) atoms. The van der Waals surface area contributed by atoms with Crippen LogP contribution in [-0.2, 0) is 0 Å². The van der Waals surface area contributed by atoms with Crippen LogP contribution < -0.4 is 18.9 Å². The van der Waals surface area contributed by atoms with Crippen LogP contribution in [0, 0.1) is 23.7 Å². The van der Waals surface area contributed by atoms with Gasteiger partial charge in [-0.15, -0.1) is 10.2 Å². The van der Waals surface area contributed by atoms with E-state index in [4.69, 9.17) is 49.1 Å². The van der Waals surface area contributed by atoms with Crippen LogP contribution in [0.1, 0.15) is 75.7 Å². The molecule has 12 heteroatoms. The van der Waals surface area contributed by atoms with Crippen molar-refractivity contribution in [3.8, 4) is 45.8 Å². The summed E-state index contributed by atoms with van der Waals surface area (Å²) >= 11 is 0. The third kappa shape index (κ3) is 8.04. The highest BCUT2D eigenvalue weighted by Gasteiger charge is 2.46. The molecular weight excluding hydrogens is 873 g/mol. The first kappa shape index (κ1) is 44.4. The largest absolute Gasteiger partial charge is 0.497 e.